The van der Waals surface area contributed by atoms with E-state index in [4.69, 9.17) is 0 Å². The van der Waals surface area contributed by atoms with Gasteiger partial charge in [0.2, 0.25) is 10.0 Å². The molecule has 0 amide bonds. The number of guanidine groups is 1. The molecule has 0 aliphatic rings. The number of nitrogens with zero attached hydrogens (tertiary/aromatic N) is 2. The highest BCUT2D eigenvalue weighted by atomic mass is 127. The van der Waals surface area contributed by atoms with Gasteiger partial charge in [0.25, 0.3) is 0 Å². The Morgan fingerprint density at radius 2 is 1.78 bits per heavy atom. The van der Waals surface area contributed by atoms with Crippen LogP contribution in [0.25, 0.3) is 0 Å². The Kier molecular flexibility index (Phi) is 9.71. The van der Waals surface area contributed by atoms with Crippen molar-refractivity contribution in [3.63, 3.8) is 0 Å². The number of sulfonamides is 1. The fourth-order valence-electron chi connectivity index (χ4n) is 1.74. The fraction of sp³-hybridized carbons (Fsp3) is 0.533. The summed E-state index contributed by atoms with van der Waals surface area (Å²) in [6.07, 6.45) is 0. The molecule has 1 aromatic rings. The number of aliphatic imine (C=N–C) groups is 1. The second-order valence-corrected chi connectivity index (χ2v) is 7.58. The van der Waals surface area contributed by atoms with Crippen LogP contribution in [0.4, 0.5) is 0 Å². The minimum atomic E-state index is -3.38. The predicted molar refractivity (Wildman–Crippen MR) is 106 cm³/mol. The van der Waals surface area contributed by atoms with Crippen LogP contribution in [0.1, 0.15) is 26.3 Å². The van der Waals surface area contributed by atoms with Crippen LogP contribution >= 0.6 is 24.0 Å². The summed E-state index contributed by atoms with van der Waals surface area (Å²) in [5.74, 6) is 0.752. The molecule has 0 heterocycles. The first-order valence-corrected chi connectivity index (χ1v) is 8.77. The Balaban J connectivity index is 0.00000484. The van der Waals surface area contributed by atoms with Crippen molar-refractivity contribution in [2.45, 2.75) is 38.3 Å². The Labute approximate surface area is 156 Å². The first kappa shape index (κ1) is 22.1. The van der Waals surface area contributed by atoms with E-state index in [2.05, 4.69) is 15.6 Å². The molecule has 0 radical (unpaired) electrons. The summed E-state index contributed by atoms with van der Waals surface area (Å²) < 4.78 is 25.2. The highest BCUT2D eigenvalue weighted by molar-refractivity contribution is 14.0. The van der Waals surface area contributed by atoms with Crippen LogP contribution in [-0.2, 0) is 16.6 Å². The van der Waals surface area contributed by atoms with Gasteiger partial charge in [-0.2, -0.15) is 0 Å². The number of nitrogens with one attached hydrogen (secondary N) is 2. The van der Waals surface area contributed by atoms with Crippen molar-refractivity contribution in [2.24, 2.45) is 4.99 Å². The van der Waals surface area contributed by atoms with E-state index in [-0.39, 0.29) is 28.9 Å². The van der Waals surface area contributed by atoms with Crippen molar-refractivity contribution in [2.75, 3.05) is 20.6 Å². The molecule has 0 aliphatic heterocycles. The van der Waals surface area contributed by atoms with E-state index in [0.717, 1.165) is 18.1 Å². The lowest BCUT2D eigenvalue weighted by Gasteiger charge is -2.14. The molecule has 1 aromatic carbocycles. The number of hydrogen-bond acceptors (Lipinski definition) is 3. The van der Waals surface area contributed by atoms with Crippen LogP contribution in [0.2, 0.25) is 0 Å². The maximum absolute atomic E-state index is 12.0. The van der Waals surface area contributed by atoms with E-state index in [1.807, 2.05) is 20.8 Å². The average molecular weight is 454 g/mol. The highest BCUT2D eigenvalue weighted by Gasteiger charge is 2.16. The quantitative estimate of drug-likeness (QED) is 0.392. The van der Waals surface area contributed by atoms with E-state index in [0.29, 0.717) is 12.6 Å². The van der Waals surface area contributed by atoms with Crippen LogP contribution in [0.15, 0.2) is 34.2 Å². The highest BCUT2D eigenvalue weighted by Crippen LogP contribution is 2.14. The van der Waals surface area contributed by atoms with E-state index in [1.54, 1.807) is 24.3 Å². The van der Waals surface area contributed by atoms with E-state index in [9.17, 15) is 8.42 Å². The van der Waals surface area contributed by atoms with Crippen LogP contribution in [0, 0.1) is 0 Å². The minimum absolute atomic E-state index is 0. The van der Waals surface area contributed by atoms with Crippen LogP contribution in [0.3, 0.4) is 0 Å². The van der Waals surface area contributed by atoms with E-state index in [1.165, 1.54) is 18.4 Å². The van der Waals surface area contributed by atoms with Gasteiger partial charge in [0.15, 0.2) is 5.96 Å². The molecule has 23 heavy (non-hydrogen) atoms. The van der Waals surface area contributed by atoms with Crippen molar-refractivity contribution in [3.8, 4) is 0 Å². The van der Waals surface area contributed by atoms with Gasteiger partial charge in [0, 0.05) is 26.7 Å². The van der Waals surface area contributed by atoms with Crippen molar-refractivity contribution >= 4 is 40.0 Å². The lowest BCUT2D eigenvalue weighted by Crippen LogP contribution is -2.40. The average Bonchev–Trinajstić information content (AvgIpc) is 2.44. The Morgan fingerprint density at radius 3 is 2.22 bits per heavy atom. The minimum Gasteiger partial charge on any atom is -0.357 e. The number of halogens is 1. The third kappa shape index (κ3) is 7.05. The second kappa shape index (κ2) is 10.1. The van der Waals surface area contributed by atoms with Crippen molar-refractivity contribution in [1.29, 1.82) is 0 Å². The first-order chi connectivity index (χ1) is 10.3. The number of hydrogen-bond donors (Lipinski definition) is 2. The molecular formula is C15H27IN4O2S. The smallest absolute Gasteiger partial charge is 0.242 e. The van der Waals surface area contributed by atoms with Gasteiger partial charge in [-0.1, -0.05) is 12.1 Å². The summed E-state index contributed by atoms with van der Waals surface area (Å²) in [5.41, 5.74) is 0.957. The Bertz CT molecular complexity index is 598. The van der Waals surface area contributed by atoms with E-state index >= 15 is 0 Å². The van der Waals surface area contributed by atoms with Crippen molar-refractivity contribution in [3.05, 3.63) is 29.8 Å². The largest absolute Gasteiger partial charge is 0.357 e. The molecule has 132 valence electrons. The third-order valence-electron chi connectivity index (χ3n) is 2.89. The van der Waals surface area contributed by atoms with Gasteiger partial charge in [-0.15, -0.1) is 24.0 Å². The van der Waals surface area contributed by atoms with Gasteiger partial charge in [-0.05, 0) is 38.5 Å². The van der Waals surface area contributed by atoms with Crippen LogP contribution in [-0.4, -0.2) is 45.4 Å². The summed E-state index contributed by atoms with van der Waals surface area (Å²) in [6, 6.07) is 7.11. The van der Waals surface area contributed by atoms with Gasteiger partial charge < -0.3 is 10.6 Å². The molecule has 0 atom stereocenters. The molecule has 8 heteroatoms. The molecule has 0 saturated heterocycles. The zero-order valence-electron chi connectivity index (χ0n) is 14.3. The first-order valence-electron chi connectivity index (χ1n) is 7.33. The van der Waals surface area contributed by atoms with Gasteiger partial charge in [-0.3, -0.25) is 0 Å². The Hall–Kier alpha value is -0.870. The second-order valence-electron chi connectivity index (χ2n) is 5.43. The van der Waals surface area contributed by atoms with Gasteiger partial charge in [-0.25, -0.2) is 17.7 Å². The molecule has 0 aromatic heterocycles. The fourth-order valence-corrected chi connectivity index (χ4v) is 2.64. The van der Waals surface area contributed by atoms with Crippen LogP contribution < -0.4 is 10.6 Å². The maximum atomic E-state index is 12.0. The SMILES string of the molecule is CCNC(=NCc1ccc(S(=O)(=O)N(C)C)cc1)NC(C)C.I. The lowest BCUT2D eigenvalue weighted by atomic mass is 10.2. The summed E-state index contributed by atoms with van der Waals surface area (Å²) in [7, 11) is -0.333. The molecule has 0 bridgehead atoms. The molecular weight excluding hydrogens is 427 g/mol. The zero-order valence-corrected chi connectivity index (χ0v) is 17.5. The maximum Gasteiger partial charge on any atom is 0.242 e. The molecule has 1 rings (SSSR count). The standard InChI is InChI=1S/C15H26N4O2S.HI/c1-6-16-15(18-12(2)3)17-11-13-7-9-14(10-8-13)22(20,21)19(4)5;/h7-10,12H,6,11H2,1-5H3,(H2,16,17,18);1H. The van der Waals surface area contributed by atoms with Gasteiger partial charge >= 0.3 is 0 Å². The summed E-state index contributed by atoms with van der Waals surface area (Å²) in [6.45, 7) is 7.39. The van der Waals surface area contributed by atoms with Crippen molar-refractivity contribution < 1.29 is 8.42 Å². The van der Waals surface area contributed by atoms with E-state index < -0.39 is 10.0 Å². The molecule has 0 unspecified atom stereocenters. The third-order valence-corrected chi connectivity index (χ3v) is 4.72. The van der Waals surface area contributed by atoms with Crippen LogP contribution in [0.5, 0.6) is 0 Å². The molecule has 0 saturated carbocycles. The molecule has 0 spiro atoms. The normalized spacial score (nSPS) is 12.2. The van der Waals surface area contributed by atoms with Gasteiger partial charge in [0.05, 0.1) is 11.4 Å². The predicted octanol–water partition coefficient (Wildman–Crippen LogP) is 2.02. The topological polar surface area (TPSA) is 73.8 Å². The summed E-state index contributed by atoms with van der Waals surface area (Å²) >= 11 is 0. The number of rotatable bonds is 6. The summed E-state index contributed by atoms with van der Waals surface area (Å²) in [5, 5.41) is 6.41. The van der Waals surface area contributed by atoms with Gasteiger partial charge in [0.1, 0.15) is 0 Å². The van der Waals surface area contributed by atoms with Crippen molar-refractivity contribution in [1.82, 2.24) is 14.9 Å². The number of benzene rings is 1. The zero-order chi connectivity index (χ0) is 16.8. The Morgan fingerprint density at radius 1 is 1.22 bits per heavy atom. The molecule has 0 fully saturated rings. The summed E-state index contributed by atoms with van der Waals surface area (Å²) in [4.78, 5) is 4.77. The molecule has 2 N–H and O–H groups in total. The molecule has 6 nitrogen and oxygen atoms in total. The molecule has 0 aliphatic carbocycles. The monoisotopic (exact) mass is 454 g/mol. The lowest BCUT2D eigenvalue weighted by molar-refractivity contribution is 0.520.